The number of fused-ring (bicyclic) bond motifs is 2. The number of allylic oxidation sites excluding steroid dienone is 1. The van der Waals surface area contributed by atoms with Crippen molar-refractivity contribution in [1.29, 1.82) is 0 Å². The molecule has 0 saturated heterocycles. The third kappa shape index (κ3) is 2.41. The highest BCUT2D eigenvalue weighted by atomic mass is 16.8. The maximum atomic E-state index is 6.50. The highest BCUT2D eigenvalue weighted by molar-refractivity contribution is 6.09. The lowest BCUT2D eigenvalue weighted by molar-refractivity contribution is -0.203. The standard InChI is InChI=1S/C21H27NO2/c1-14-12-17(15-8-6-5-7-9-15)22-24-18(14)23-19-20(2,3)16-10-11-21(19,4)13-16/h5-9,12,16,18-19H,10-11,13H2,1-4H3/t16-,18?,19+,21+/m0/s1. The summed E-state index contributed by atoms with van der Waals surface area (Å²) in [7, 11) is 0. The summed E-state index contributed by atoms with van der Waals surface area (Å²) in [5, 5.41) is 4.32. The summed E-state index contributed by atoms with van der Waals surface area (Å²) >= 11 is 0. The molecule has 3 aliphatic rings. The number of hydrogen-bond acceptors (Lipinski definition) is 3. The molecule has 0 N–H and O–H groups in total. The van der Waals surface area contributed by atoms with Crippen LogP contribution in [0.5, 0.6) is 0 Å². The van der Waals surface area contributed by atoms with E-state index in [-0.39, 0.29) is 23.2 Å². The van der Waals surface area contributed by atoms with E-state index in [4.69, 9.17) is 9.57 Å². The predicted octanol–water partition coefficient (Wildman–Crippen LogP) is 4.92. The predicted molar refractivity (Wildman–Crippen MR) is 95.7 cm³/mol. The molecule has 1 aromatic carbocycles. The molecular formula is C21H27NO2. The fraction of sp³-hybridized carbons (Fsp3) is 0.571. The largest absolute Gasteiger partial charge is 0.358 e. The molecule has 2 saturated carbocycles. The Morgan fingerprint density at radius 2 is 1.92 bits per heavy atom. The van der Waals surface area contributed by atoms with E-state index in [2.05, 4.69) is 38.9 Å². The third-order valence-electron chi connectivity index (χ3n) is 6.45. The van der Waals surface area contributed by atoms with E-state index in [9.17, 15) is 0 Å². The second-order valence-electron chi connectivity index (χ2n) is 8.60. The van der Waals surface area contributed by atoms with Crippen LogP contribution in [0.3, 0.4) is 0 Å². The fourth-order valence-corrected chi connectivity index (χ4v) is 5.09. The molecule has 4 atom stereocenters. The Kier molecular flexibility index (Phi) is 3.61. The zero-order chi connectivity index (χ0) is 16.9. The molecule has 1 heterocycles. The van der Waals surface area contributed by atoms with Crippen LogP contribution >= 0.6 is 0 Å². The van der Waals surface area contributed by atoms with Crippen molar-refractivity contribution in [1.82, 2.24) is 0 Å². The smallest absolute Gasteiger partial charge is 0.249 e. The molecule has 1 aromatic rings. The van der Waals surface area contributed by atoms with Gasteiger partial charge in [-0.05, 0) is 54.6 Å². The Bertz CT molecular complexity index is 686. The van der Waals surface area contributed by atoms with Crippen molar-refractivity contribution in [2.75, 3.05) is 0 Å². The Labute approximate surface area is 144 Å². The van der Waals surface area contributed by atoms with E-state index in [0.717, 1.165) is 22.8 Å². The van der Waals surface area contributed by atoms with Gasteiger partial charge in [-0.1, -0.05) is 56.3 Å². The number of nitrogens with zero attached hydrogens (tertiary/aromatic N) is 1. The van der Waals surface area contributed by atoms with Crippen LogP contribution in [0.1, 0.15) is 52.5 Å². The average Bonchev–Trinajstić information content (AvgIpc) is 3.04. The van der Waals surface area contributed by atoms with Crippen LogP contribution in [0, 0.1) is 16.7 Å². The maximum absolute atomic E-state index is 6.50. The van der Waals surface area contributed by atoms with Gasteiger partial charge in [0.15, 0.2) is 0 Å². The lowest BCUT2D eigenvalue weighted by Crippen LogP contribution is -2.45. The summed E-state index contributed by atoms with van der Waals surface area (Å²) in [5.74, 6) is 0.767. The lowest BCUT2D eigenvalue weighted by atomic mass is 9.70. The monoisotopic (exact) mass is 325 g/mol. The Morgan fingerprint density at radius 3 is 2.54 bits per heavy atom. The molecule has 2 bridgehead atoms. The number of ether oxygens (including phenoxy) is 1. The topological polar surface area (TPSA) is 30.8 Å². The molecule has 4 rings (SSSR count). The summed E-state index contributed by atoms with van der Waals surface area (Å²) in [6.07, 6.45) is 5.83. The number of rotatable bonds is 3. The molecular weight excluding hydrogens is 298 g/mol. The van der Waals surface area contributed by atoms with E-state index in [1.807, 2.05) is 30.3 Å². The zero-order valence-electron chi connectivity index (χ0n) is 15.1. The Balaban J connectivity index is 1.52. The summed E-state index contributed by atoms with van der Waals surface area (Å²) in [4.78, 5) is 5.76. The van der Waals surface area contributed by atoms with Crippen molar-refractivity contribution in [2.24, 2.45) is 21.9 Å². The van der Waals surface area contributed by atoms with Crippen LogP contribution in [0.2, 0.25) is 0 Å². The van der Waals surface area contributed by atoms with Gasteiger partial charge >= 0.3 is 0 Å². The van der Waals surface area contributed by atoms with E-state index in [0.29, 0.717) is 0 Å². The van der Waals surface area contributed by atoms with Crippen LogP contribution in [-0.2, 0) is 9.57 Å². The number of benzene rings is 1. The molecule has 3 nitrogen and oxygen atoms in total. The molecule has 0 amide bonds. The maximum Gasteiger partial charge on any atom is 0.249 e. The first-order chi connectivity index (χ1) is 11.4. The zero-order valence-corrected chi connectivity index (χ0v) is 15.1. The van der Waals surface area contributed by atoms with Gasteiger partial charge in [-0.3, -0.25) is 0 Å². The van der Waals surface area contributed by atoms with Crippen molar-refractivity contribution < 1.29 is 9.57 Å². The minimum absolute atomic E-state index is 0.208. The van der Waals surface area contributed by atoms with Crippen molar-refractivity contribution in [3.05, 3.63) is 47.5 Å². The van der Waals surface area contributed by atoms with Gasteiger partial charge in [0.1, 0.15) is 5.71 Å². The highest BCUT2D eigenvalue weighted by Gasteiger charge is 2.60. The Hall–Kier alpha value is -1.61. The third-order valence-corrected chi connectivity index (χ3v) is 6.45. The number of oxime groups is 1. The van der Waals surface area contributed by atoms with Crippen LogP contribution in [0.25, 0.3) is 0 Å². The molecule has 2 fully saturated rings. The molecule has 0 aromatic heterocycles. The quantitative estimate of drug-likeness (QED) is 0.789. The minimum Gasteiger partial charge on any atom is -0.358 e. The van der Waals surface area contributed by atoms with Crippen LogP contribution < -0.4 is 0 Å². The van der Waals surface area contributed by atoms with E-state index in [1.165, 1.54) is 19.3 Å². The fourth-order valence-electron chi connectivity index (χ4n) is 5.09. The highest BCUT2D eigenvalue weighted by Crippen LogP contribution is 2.63. The van der Waals surface area contributed by atoms with E-state index < -0.39 is 0 Å². The van der Waals surface area contributed by atoms with Gasteiger partial charge in [0.2, 0.25) is 6.29 Å². The average molecular weight is 325 g/mol. The minimum atomic E-state index is -0.363. The lowest BCUT2D eigenvalue weighted by Gasteiger charge is -2.43. The number of hydrogen-bond donors (Lipinski definition) is 0. The van der Waals surface area contributed by atoms with E-state index >= 15 is 0 Å². The second-order valence-corrected chi connectivity index (χ2v) is 8.60. The summed E-state index contributed by atoms with van der Waals surface area (Å²) in [6, 6.07) is 10.1. The van der Waals surface area contributed by atoms with Gasteiger partial charge < -0.3 is 9.57 Å². The summed E-state index contributed by atoms with van der Waals surface area (Å²) < 4.78 is 6.50. The normalized spacial score (nSPS) is 36.9. The van der Waals surface area contributed by atoms with Crippen LogP contribution in [0.4, 0.5) is 0 Å². The van der Waals surface area contributed by atoms with E-state index in [1.54, 1.807) is 0 Å². The SMILES string of the molecule is CC1=CC(c2ccccc2)=NOC1O[C@@H]1C(C)(C)[C@H]2CC[C@]1(C)C2. The first kappa shape index (κ1) is 15.9. The van der Waals surface area contributed by atoms with Gasteiger partial charge in [0.05, 0.1) is 6.10 Å². The summed E-state index contributed by atoms with van der Waals surface area (Å²) in [5.41, 5.74) is 3.52. The molecule has 3 heteroatoms. The molecule has 0 radical (unpaired) electrons. The summed E-state index contributed by atoms with van der Waals surface area (Å²) in [6.45, 7) is 9.17. The van der Waals surface area contributed by atoms with Gasteiger partial charge in [-0.25, -0.2) is 0 Å². The van der Waals surface area contributed by atoms with Gasteiger partial charge in [0, 0.05) is 5.56 Å². The van der Waals surface area contributed by atoms with Gasteiger partial charge in [-0.15, -0.1) is 0 Å². The van der Waals surface area contributed by atoms with Crippen LogP contribution in [0.15, 0.2) is 47.1 Å². The molecule has 1 unspecified atom stereocenters. The first-order valence-corrected chi connectivity index (χ1v) is 9.03. The Morgan fingerprint density at radius 1 is 1.17 bits per heavy atom. The molecule has 128 valence electrons. The molecule has 24 heavy (non-hydrogen) atoms. The first-order valence-electron chi connectivity index (χ1n) is 9.03. The molecule has 2 aliphatic carbocycles. The van der Waals surface area contributed by atoms with Crippen molar-refractivity contribution in [2.45, 2.75) is 59.4 Å². The molecule has 0 spiro atoms. The van der Waals surface area contributed by atoms with Crippen molar-refractivity contribution in [3.63, 3.8) is 0 Å². The molecule has 1 aliphatic heterocycles. The van der Waals surface area contributed by atoms with Crippen molar-refractivity contribution in [3.8, 4) is 0 Å². The van der Waals surface area contributed by atoms with Gasteiger partial charge in [0.25, 0.3) is 0 Å². The van der Waals surface area contributed by atoms with Gasteiger partial charge in [-0.2, -0.15) is 0 Å². The second kappa shape index (κ2) is 5.45. The van der Waals surface area contributed by atoms with Crippen molar-refractivity contribution >= 4 is 5.71 Å². The van der Waals surface area contributed by atoms with Crippen LogP contribution in [-0.4, -0.2) is 18.1 Å².